The summed E-state index contributed by atoms with van der Waals surface area (Å²) in [6.45, 7) is 3.52. The van der Waals surface area contributed by atoms with E-state index in [2.05, 4.69) is 0 Å². The first-order valence-electron chi connectivity index (χ1n) is 7.56. The molecule has 2 aromatic carbocycles. The van der Waals surface area contributed by atoms with Crippen molar-refractivity contribution < 1.29 is 14.7 Å². The number of carbonyl (C=O) groups excluding carboxylic acids is 2. The number of rotatable bonds is 4. The van der Waals surface area contributed by atoms with Crippen LogP contribution in [0.15, 0.2) is 54.6 Å². The fourth-order valence-electron chi connectivity index (χ4n) is 3.07. The van der Waals surface area contributed by atoms with Gasteiger partial charge in [0.2, 0.25) is 0 Å². The maximum atomic E-state index is 13.0. The Bertz CT molecular complexity index is 754. The topological polar surface area (TPSA) is 57.6 Å². The summed E-state index contributed by atoms with van der Waals surface area (Å²) in [5.74, 6) is -0.459. The molecule has 0 aliphatic carbocycles. The molecule has 0 aromatic heterocycles. The second kappa shape index (κ2) is 5.32. The predicted octanol–water partition coefficient (Wildman–Crippen LogP) is 2.65. The third-order valence-corrected chi connectivity index (χ3v) is 4.55. The maximum absolute atomic E-state index is 13.0. The van der Waals surface area contributed by atoms with Crippen molar-refractivity contribution in [2.75, 3.05) is 4.90 Å². The van der Waals surface area contributed by atoms with Crippen LogP contribution in [0.5, 0.6) is 0 Å². The van der Waals surface area contributed by atoms with E-state index in [-0.39, 0.29) is 0 Å². The highest BCUT2D eigenvalue weighted by Gasteiger charge is 2.58. The van der Waals surface area contributed by atoms with Gasteiger partial charge in [-0.1, -0.05) is 48.5 Å². The first-order chi connectivity index (χ1) is 10.9. The van der Waals surface area contributed by atoms with E-state index in [0.717, 1.165) is 5.56 Å². The van der Waals surface area contributed by atoms with Gasteiger partial charge in [0, 0.05) is 5.56 Å². The lowest BCUT2D eigenvalue weighted by Gasteiger charge is -2.34. The molecule has 0 saturated heterocycles. The number of hydrogen-bond acceptors (Lipinski definition) is 3. The lowest BCUT2D eigenvalue weighted by Crippen LogP contribution is -2.50. The number of anilines is 1. The summed E-state index contributed by atoms with van der Waals surface area (Å²) in [6, 6.07) is 16.7. The number of aldehydes is 1. The average Bonchev–Trinajstić information content (AvgIpc) is 2.79. The number of carbonyl (C=O) groups is 2. The fourth-order valence-corrected chi connectivity index (χ4v) is 3.07. The second-order valence-corrected chi connectivity index (χ2v) is 6.44. The Morgan fingerprint density at radius 2 is 1.70 bits per heavy atom. The summed E-state index contributed by atoms with van der Waals surface area (Å²) in [5, 5.41) is 11.2. The molecule has 4 heteroatoms. The molecule has 0 radical (unpaired) electrons. The van der Waals surface area contributed by atoms with E-state index >= 15 is 0 Å². The number of nitrogens with zero attached hydrogens (tertiary/aromatic N) is 1. The van der Waals surface area contributed by atoms with Crippen molar-refractivity contribution in [3.05, 3.63) is 65.7 Å². The fraction of sp³-hybridized carbons (Fsp3) is 0.263. The van der Waals surface area contributed by atoms with Crippen molar-refractivity contribution in [3.8, 4) is 0 Å². The quantitative estimate of drug-likeness (QED) is 0.883. The van der Waals surface area contributed by atoms with E-state index < -0.39 is 16.9 Å². The molecule has 0 bridgehead atoms. The van der Waals surface area contributed by atoms with Crippen LogP contribution >= 0.6 is 0 Å². The molecule has 1 atom stereocenters. The van der Waals surface area contributed by atoms with Crippen LogP contribution in [0.3, 0.4) is 0 Å². The molecule has 1 aliphatic rings. The van der Waals surface area contributed by atoms with Crippen LogP contribution in [-0.4, -0.2) is 17.3 Å². The van der Waals surface area contributed by atoms with E-state index in [0.29, 0.717) is 24.1 Å². The highest BCUT2D eigenvalue weighted by atomic mass is 16.3. The molecule has 0 unspecified atom stereocenters. The van der Waals surface area contributed by atoms with Gasteiger partial charge in [0.05, 0.1) is 17.6 Å². The number of benzene rings is 2. The van der Waals surface area contributed by atoms with E-state index in [1.54, 1.807) is 36.9 Å². The van der Waals surface area contributed by atoms with E-state index in [4.69, 9.17) is 0 Å². The van der Waals surface area contributed by atoms with Crippen LogP contribution in [0.4, 0.5) is 5.69 Å². The SMILES string of the molecule is CC(C)(C=O)[C@]1(O)C(=O)N(Cc2ccccc2)c2ccccc21. The molecule has 1 heterocycles. The number of amides is 1. The summed E-state index contributed by atoms with van der Waals surface area (Å²) in [7, 11) is 0. The number of aliphatic hydroxyl groups is 1. The third-order valence-electron chi connectivity index (χ3n) is 4.55. The zero-order valence-electron chi connectivity index (χ0n) is 13.2. The Kier molecular flexibility index (Phi) is 3.57. The van der Waals surface area contributed by atoms with Gasteiger partial charge in [-0.15, -0.1) is 0 Å². The summed E-state index contributed by atoms with van der Waals surface area (Å²) >= 11 is 0. The Morgan fingerprint density at radius 3 is 2.35 bits per heavy atom. The Labute approximate surface area is 135 Å². The van der Waals surface area contributed by atoms with Gasteiger partial charge in [-0.25, -0.2) is 0 Å². The number of fused-ring (bicyclic) bond motifs is 1. The molecule has 118 valence electrons. The monoisotopic (exact) mass is 309 g/mol. The standard InChI is InChI=1S/C19H19NO3/c1-18(2,13-21)19(23)15-10-6-7-11-16(15)20(17(19)22)12-14-8-4-3-5-9-14/h3-11,13,23H,12H2,1-2H3/t19-/m1/s1. The molecule has 3 rings (SSSR count). The molecule has 23 heavy (non-hydrogen) atoms. The Morgan fingerprint density at radius 1 is 1.09 bits per heavy atom. The van der Waals surface area contributed by atoms with Crippen molar-refractivity contribution >= 4 is 17.9 Å². The highest BCUT2D eigenvalue weighted by molar-refractivity contribution is 6.08. The minimum Gasteiger partial charge on any atom is -0.374 e. The van der Waals surface area contributed by atoms with Crippen molar-refractivity contribution in [3.63, 3.8) is 0 Å². The Balaban J connectivity index is 2.11. The Hall–Kier alpha value is -2.46. The third kappa shape index (κ3) is 2.18. The molecule has 1 aliphatic heterocycles. The lowest BCUT2D eigenvalue weighted by molar-refractivity contribution is -0.154. The summed E-state index contributed by atoms with van der Waals surface area (Å²) in [4.78, 5) is 26.1. The van der Waals surface area contributed by atoms with Gasteiger partial charge in [-0.3, -0.25) is 4.79 Å². The van der Waals surface area contributed by atoms with Crippen molar-refractivity contribution in [1.29, 1.82) is 0 Å². The molecular weight excluding hydrogens is 290 g/mol. The average molecular weight is 309 g/mol. The molecule has 0 spiro atoms. The minimum absolute atomic E-state index is 0.355. The molecule has 1 N–H and O–H groups in total. The van der Waals surface area contributed by atoms with Crippen LogP contribution in [0.25, 0.3) is 0 Å². The van der Waals surface area contributed by atoms with Crippen LogP contribution < -0.4 is 4.90 Å². The predicted molar refractivity (Wildman–Crippen MR) is 87.8 cm³/mol. The van der Waals surface area contributed by atoms with Crippen LogP contribution in [-0.2, 0) is 21.7 Å². The first kappa shape index (κ1) is 15.4. The zero-order valence-corrected chi connectivity index (χ0v) is 13.2. The van der Waals surface area contributed by atoms with Gasteiger partial charge in [0.25, 0.3) is 5.91 Å². The molecular formula is C19H19NO3. The summed E-state index contributed by atoms with van der Waals surface area (Å²) in [6.07, 6.45) is 0.647. The van der Waals surface area contributed by atoms with Crippen LogP contribution in [0, 0.1) is 5.41 Å². The zero-order chi connectivity index (χ0) is 16.7. The van der Waals surface area contributed by atoms with E-state index in [1.807, 2.05) is 36.4 Å². The summed E-state index contributed by atoms with van der Waals surface area (Å²) in [5.41, 5.74) is -0.966. The highest BCUT2D eigenvalue weighted by Crippen LogP contribution is 2.49. The lowest BCUT2D eigenvalue weighted by atomic mass is 9.72. The number of hydrogen-bond donors (Lipinski definition) is 1. The van der Waals surface area contributed by atoms with E-state index in [9.17, 15) is 14.7 Å². The van der Waals surface area contributed by atoms with Gasteiger partial charge in [-0.2, -0.15) is 0 Å². The van der Waals surface area contributed by atoms with Crippen LogP contribution in [0.1, 0.15) is 25.0 Å². The van der Waals surface area contributed by atoms with Gasteiger partial charge < -0.3 is 14.8 Å². The van der Waals surface area contributed by atoms with Gasteiger partial charge >= 0.3 is 0 Å². The molecule has 2 aromatic rings. The van der Waals surface area contributed by atoms with Crippen molar-refractivity contribution in [2.24, 2.45) is 5.41 Å². The molecule has 0 fully saturated rings. The van der Waals surface area contributed by atoms with Crippen LogP contribution in [0.2, 0.25) is 0 Å². The largest absolute Gasteiger partial charge is 0.374 e. The van der Waals surface area contributed by atoms with Gasteiger partial charge in [-0.05, 0) is 25.5 Å². The molecule has 1 amide bonds. The second-order valence-electron chi connectivity index (χ2n) is 6.44. The smallest absolute Gasteiger partial charge is 0.265 e. The molecule has 4 nitrogen and oxygen atoms in total. The molecule has 0 saturated carbocycles. The van der Waals surface area contributed by atoms with Crippen molar-refractivity contribution in [1.82, 2.24) is 0 Å². The summed E-state index contributed by atoms with van der Waals surface area (Å²) < 4.78 is 0. The number of para-hydroxylation sites is 1. The van der Waals surface area contributed by atoms with Gasteiger partial charge in [0.1, 0.15) is 6.29 Å². The maximum Gasteiger partial charge on any atom is 0.265 e. The first-order valence-corrected chi connectivity index (χ1v) is 7.56. The van der Waals surface area contributed by atoms with Gasteiger partial charge in [0.15, 0.2) is 5.60 Å². The van der Waals surface area contributed by atoms with E-state index in [1.165, 1.54) is 0 Å². The minimum atomic E-state index is -1.85. The normalized spacial score (nSPS) is 20.5. The van der Waals surface area contributed by atoms with Crippen molar-refractivity contribution in [2.45, 2.75) is 26.0 Å².